The van der Waals surface area contributed by atoms with Crippen molar-refractivity contribution in [2.24, 2.45) is 0 Å². The lowest BCUT2D eigenvalue weighted by atomic mass is 10.1. The zero-order valence-corrected chi connectivity index (χ0v) is 14.9. The topological polar surface area (TPSA) is 52.7 Å². The SMILES string of the molecule is CN(C)CCCNC(=O)c1cccc(C(=O)N2CCCCCC2)c1. The summed E-state index contributed by atoms with van der Waals surface area (Å²) in [5.74, 6) is -0.0709. The maximum Gasteiger partial charge on any atom is 0.253 e. The Morgan fingerprint density at radius 3 is 2.42 bits per heavy atom. The molecule has 1 N–H and O–H groups in total. The summed E-state index contributed by atoms with van der Waals surface area (Å²) in [6.45, 7) is 3.22. The number of likely N-dealkylation sites (tertiary alicyclic amines) is 1. The largest absolute Gasteiger partial charge is 0.352 e. The van der Waals surface area contributed by atoms with Gasteiger partial charge in [0.15, 0.2) is 0 Å². The molecule has 1 fully saturated rings. The first-order valence-corrected chi connectivity index (χ1v) is 8.90. The van der Waals surface area contributed by atoms with Crippen molar-refractivity contribution < 1.29 is 9.59 Å². The van der Waals surface area contributed by atoms with E-state index in [2.05, 4.69) is 10.2 Å². The van der Waals surface area contributed by atoms with Crippen molar-refractivity contribution in [3.8, 4) is 0 Å². The Balaban J connectivity index is 1.94. The third-order valence-electron chi connectivity index (χ3n) is 4.33. The average Bonchev–Trinajstić information content (AvgIpc) is 2.87. The monoisotopic (exact) mass is 331 g/mol. The van der Waals surface area contributed by atoms with Crippen LogP contribution in [0.2, 0.25) is 0 Å². The van der Waals surface area contributed by atoms with Crippen LogP contribution in [0.5, 0.6) is 0 Å². The Kier molecular flexibility index (Phi) is 7.25. The van der Waals surface area contributed by atoms with Crippen LogP contribution in [0.1, 0.15) is 52.8 Å². The minimum Gasteiger partial charge on any atom is -0.352 e. The minimum absolute atomic E-state index is 0.0409. The van der Waals surface area contributed by atoms with Gasteiger partial charge in [0.05, 0.1) is 0 Å². The van der Waals surface area contributed by atoms with Gasteiger partial charge in [-0.15, -0.1) is 0 Å². The predicted octanol–water partition coefficient (Wildman–Crippen LogP) is 2.38. The van der Waals surface area contributed by atoms with Crippen molar-refractivity contribution in [2.45, 2.75) is 32.1 Å². The maximum absolute atomic E-state index is 12.7. The van der Waals surface area contributed by atoms with E-state index in [1.165, 1.54) is 12.8 Å². The molecule has 2 rings (SSSR count). The molecule has 0 aromatic heterocycles. The summed E-state index contributed by atoms with van der Waals surface area (Å²) in [5.41, 5.74) is 1.17. The highest BCUT2D eigenvalue weighted by molar-refractivity contribution is 5.99. The van der Waals surface area contributed by atoms with Crippen LogP contribution in [-0.4, -0.2) is 61.9 Å². The molecule has 1 aromatic rings. The molecule has 0 spiro atoms. The predicted molar refractivity (Wildman–Crippen MR) is 96.3 cm³/mol. The molecule has 1 heterocycles. The van der Waals surface area contributed by atoms with Crippen molar-refractivity contribution in [1.82, 2.24) is 15.1 Å². The molecule has 0 unspecified atom stereocenters. The van der Waals surface area contributed by atoms with E-state index >= 15 is 0 Å². The summed E-state index contributed by atoms with van der Waals surface area (Å²) in [4.78, 5) is 28.9. The fourth-order valence-electron chi connectivity index (χ4n) is 2.95. The van der Waals surface area contributed by atoms with Gasteiger partial charge in [-0.2, -0.15) is 0 Å². The van der Waals surface area contributed by atoms with Crippen molar-refractivity contribution in [1.29, 1.82) is 0 Å². The van der Waals surface area contributed by atoms with Crippen molar-refractivity contribution in [2.75, 3.05) is 40.3 Å². The number of benzene rings is 1. The lowest BCUT2D eigenvalue weighted by Crippen LogP contribution is -2.32. The van der Waals surface area contributed by atoms with Gasteiger partial charge in [0.25, 0.3) is 11.8 Å². The molecule has 1 aliphatic rings. The van der Waals surface area contributed by atoms with E-state index < -0.39 is 0 Å². The Hall–Kier alpha value is -1.88. The van der Waals surface area contributed by atoms with Crippen LogP contribution in [0.25, 0.3) is 0 Å². The zero-order valence-electron chi connectivity index (χ0n) is 14.9. The zero-order chi connectivity index (χ0) is 17.4. The number of amides is 2. The number of carbonyl (C=O) groups is 2. The highest BCUT2D eigenvalue weighted by atomic mass is 16.2. The Morgan fingerprint density at radius 2 is 1.75 bits per heavy atom. The van der Waals surface area contributed by atoms with Gasteiger partial charge >= 0.3 is 0 Å². The van der Waals surface area contributed by atoms with Gasteiger partial charge in [0.1, 0.15) is 0 Å². The Morgan fingerprint density at radius 1 is 1.08 bits per heavy atom. The van der Waals surface area contributed by atoms with Crippen LogP contribution in [-0.2, 0) is 0 Å². The van der Waals surface area contributed by atoms with Gasteiger partial charge in [0, 0.05) is 30.8 Å². The summed E-state index contributed by atoms with van der Waals surface area (Å²) in [6, 6.07) is 7.07. The van der Waals surface area contributed by atoms with Crippen LogP contribution in [0.15, 0.2) is 24.3 Å². The molecule has 5 nitrogen and oxygen atoms in total. The molecular weight excluding hydrogens is 302 g/mol. The summed E-state index contributed by atoms with van der Waals surface area (Å²) in [7, 11) is 4.03. The van der Waals surface area contributed by atoms with E-state index in [9.17, 15) is 9.59 Å². The quantitative estimate of drug-likeness (QED) is 0.814. The lowest BCUT2D eigenvalue weighted by molar-refractivity contribution is 0.0761. The van der Waals surface area contributed by atoms with Crippen LogP contribution in [0, 0.1) is 0 Å². The summed E-state index contributed by atoms with van der Waals surface area (Å²) >= 11 is 0. The van der Waals surface area contributed by atoms with E-state index in [1.807, 2.05) is 19.0 Å². The number of rotatable bonds is 6. The molecule has 0 radical (unpaired) electrons. The molecular formula is C19H29N3O2. The van der Waals surface area contributed by atoms with E-state index in [-0.39, 0.29) is 11.8 Å². The number of carbonyl (C=O) groups excluding carboxylic acids is 2. The van der Waals surface area contributed by atoms with Crippen LogP contribution >= 0.6 is 0 Å². The molecule has 2 amide bonds. The molecule has 24 heavy (non-hydrogen) atoms. The number of hydrogen-bond acceptors (Lipinski definition) is 3. The van der Waals surface area contributed by atoms with Gasteiger partial charge in [-0.25, -0.2) is 0 Å². The second kappa shape index (κ2) is 9.42. The molecule has 132 valence electrons. The summed E-state index contributed by atoms with van der Waals surface area (Å²) < 4.78 is 0. The van der Waals surface area contributed by atoms with E-state index in [0.717, 1.165) is 38.9 Å². The summed E-state index contributed by atoms with van der Waals surface area (Å²) in [6.07, 6.45) is 5.43. The van der Waals surface area contributed by atoms with Crippen LogP contribution < -0.4 is 5.32 Å². The molecule has 1 aromatic carbocycles. The van der Waals surface area contributed by atoms with Gasteiger partial charge < -0.3 is 15.1 Å². The first kappa shape index (κ1) is 18.5. The number of nitrogens with zero attached hydrogens (tertiary/aromatic N) is 2. The third kappa shape index (κ3) is 5.64. The molecule has 1 saturated heterocycles. The van der Waals surface area contributed by atoms with Gasteiger partial charge in [-0.3, -0.25) is 9.59 Å². The molecule has 0 aliphatic carbocycles. The third-order valence-corrected chi connectivity index (χ3v) is 4.33. The molecule has 0 bridgehead atoms. The van der Waals surface area contributed by atoms with Crippen LogP contribution in [0.3, 0.4) is 0 Å². The number of hydrogen-bond donors (Lipinski definition) is 1. The second-order valence-corrected chi connectivity index (χ2v) is 6.70. The van der Waals surface area contributed by atoms with Crippen molar-refractivity contribution in [3.05, 3.63) is 35.4 Å². The van der Waals surface area contributed by atoms with Crippen molar-refractivity contribution >= 4 is 11.8 Å². The normalized spacial score (nSPS) is 15.2. The fourth-order valence-corrected chi connectivity index (χ4v) is 2.95. The van der Waals surface area contributed by atoms with E-state index in [1.54, 1.807) is 24.3 Å². The molecule has 0 atom stereocenters. The number of nitrogens with one attached hydrogen (secondary N) is 1. The van der Waals surface area contributed by atoms with Crippen molar-refractivity contribution in [3.63, 3.8) is 0 Å². The van der Waals surface area contributed by atoms with Gasteiger partial charge in [-0.1, -0.05) is 18.9 Å². The standard InChI is InChI=1S/C19H29N3O2/c1-21(2)12-8-11-20-18(23)16-9-7-10-17(15-16)19(24)22-13-5-3-4-6-14-22/h7,9-10,15H,3-6,8,11-14H2,1-2H3,(H,20,23). The van der Waals surface area contributed by atoms with Gasteiger partial charge in [0.2, 0.25) is 0 Å². The first-order chi connectivity index (χ1) is 11.6. The maximum atomic E-state index is 12.7. The smallest absolute Gasteiger partial charge is 0.253 e. The summed E-state index contributed by atoms with van der Waals surface area (Å²) in [5, 5.41) is 2.92. The Labute approximate surface area is 145 Å². The average molecular weight is 331 g/mol. The van der Waals surface area contributed by atoms with E-state index in [4.69, 9.17) is 0 Å². The fraction of sp³-hybridized carbons (Fsp3) is 0.579. The highest BCUT2D eigenvalue weighted by Gasteiger charge is 2.18. The first-order valence-electron chi connectivity index (χ1n) is 8.90. The molecule has 0 saturated carbocycles. The lowest BCUT2D eigenvalue weighted by Gasteiger charge is -2.20. The highest BCUT2D eigenvalue weighted by Crippen LogP contribution is 2.14. The van der Waals surface area contributed by atoms with Crippen LogP contribution in [0.4, 0.5) is 0 Å². The minimum atomic E-state index is -0.112. The Bertz CT molecular complexity index is 549. The molecule has 5 heteroatoms. The molecule has 1 aliphatic heterocycles. The van der Waals surface area contributed by atoms with Gasteiger partial charge in [-0.05, 0) is 58.1 Å². The second-order valence-electron chi connectivity index (χ2n) is 6.70. The van der Waals surface area contributed by atoms with E-state index in [0.29, 0.717) is 17.7 Å².